The number of carboxylic acid groups (broad SMARTS) is 1. The summed E-state index contributed by atoms with van der Waals surface area (Å²) >= 11 is 3.22. The van der Waals surface area contributed by atoms with Gasteiger partial charge >= 0.3 is 5.97 Å². The molecule has 21 heavy (non-hydrogen) atoms. The third-order valence-electron chi connectivity index (χ3n) is 2.62. The number of amides is 1. The van der Waals surface area contributed by atoms with Crippen LogP contribution in [-0.2, 0) is 11.2 Å². The lowest BCUT2D eigenvalue weighted by molar-refractivity contribution is -0.136. The molecule has 0 aliphatic rings. The van der Waals surface area contributed by atoms with E-state index in [1.54, 1.807) is 12.1 Å². The zero-order valence-electron chi connectivity index (χ0n) is 10.7. The van der Waals surface area contributed by atoms with Crippen molar-refractivity contribution in [2.45, 2.75) is 6.42 Å². The van der Waals surface area contributed by atoms with Crippen LogP contribution in [0, 0.1) is 0 Å². The van der Waals surface area contributed by atoms with E-state index < -0.39 is 11.9 Å². The molecular formula is C14H11BrN2O4. The van der Waals surface area contributed by atoms with Gasteiger partial charge in [-0.05, 0) is 30.3 Å². The molecule has 2 aromatic rings. The molecule has 0 saturated heterocycles. The number of aliphatic carboxylic acids is 1. The highest BCUT2D eigenvalue weighted by molar-refractivity contribution is 9.10. The van der Waals surface area contributed by atoms with E-state index in [1.807, 2.05) is 0 Å². The summed E-state index contributed by atoms with van der Waals surface area (Å²) in [6, 6.07) is 7.60. The van der Waals surface area contributed by atoms with Gasteiger partial charge in [-0.3, -0.25) is 14.6 Å². The quantitative estimate of drug-likeness (QED) is 0.786. The molecule has 3 N–H and O–H groups in total. The molecule has 1 aromatic heterocycles. The van der Waals surface area contributed by atoms with Crippen LogP contribution < -0.4 is 5.32 Å². The topological polar surface area (TPSA) is 99.5 Å². The number of phenols is 1. The second-order valence-electron chi connectivity index (χ2n) is 4.22. The van der Waals surface area contributed by atoms with E-state index in [0.29, 0.717) is 15.9 Å². The molecule has 0 aliphatic carbocycles. The number of nitrogens with zero attached hydrogens (tertiary/aromatic N) is 1. The molecule has 1 amide bonds. The number of phenolic OH excluding ortho intramolecular Hbond substituents is 1. The Hall–Kier alpha value is -2.41. The minimum atomic E-state index is -0.974. The van der Waals surface area contributed by atoms with Gasteiger partial charge in [0.1, 0.15) is 5.75 Å². The Morgan fingerprint density at radius 1 is 1.24 bits per heavy atom. The smallest absolute Gasteiger partial charge is 0.309 e. The standard InChI is InChI=1S/C14H11BrN2O4/c15-8-1-4-12(18)11(5-8)14(21)17-10-3-2-9(16-7-10)6-13(19)20/h1-5,7,18H,6H2,(H,17,21)(H,19,20). The fraction of sp³-hybridized carbons (Fsp3) is 0.0714. The molecule has 2 rings (SSSR count). The number of rotatable bonds is 4. The summed E-state index contributed by atoms with van der Waals surface area (Å²) in [6.45, 7) is 0. The lowest BCUT2D eigenvalue weighted by Gasteiger charge is -2.07. The number of nitrogens with one attached hydrogen (secondary N) is 1. The maximum Gasteiger partial charge on any atom is 0.309 e. The number of halogens is 1. The van der Waals surface area contributed by atoms with Gasteiger partial charge in [-0.25, -0.2) is 0 Å². The van der Waals surface area contributed by atoms with Crippen molar-refractivity contribution >= 4 is 33.5 Å². The Morgan fingerprint density at radius 2 is 2.00 bits per heavy atom. The summed E-state index contributed by atoms with van der Waals surface area (Å²) in [6.07, 6.45) is 1.19. The summed E-state index contributed by atoms with van der Waals surface area (Å²) in [5.41, 5.74) is 0.929. The second-order valence-corrected chi connectivity index (χ2v) is 5.14. The number of anilines is 1. The van der Waals surface area contributed by atoms with Crippen molar-refractivity contribution in [1.29, 1.82) is 0 Å². The van der Waals surface area contributed by atoms with E-state index in [-0.39, 0.29) is 17.7 Å². The van der Waals surface area contributed by atoms with Gasteiger partial charge in [-0.15, -0.1) is 0 Å². The molecule has 0 atom stereocenters. The van der Waals surface area contributed by atoms with E-state index in [2.05, 4.69) is 26.2 Å². The van der Waals surface area contributed by atoms with Crippen LogP contribution in [0.4, 0.5) is 5.69 Å². The van der Waals surface area contributed by atoms with Gasteiger partial charge in [0.25, 0.3) is 5.91 Å². The Bertz CT molecular complexity index is 686. The predicted octanol–water partition coefficient (Wildman–Crippen LogP) is 2.43. The average molecular weight is 351 g/mol. The maximum absolute atomic E-state index is 12.0. The SMILES string of the molecule is O=C(O)Cc1ccc(NC(=O)c2cc(Br)ccc2O)cn1. The van der Waals surface area contributed by atoms with Crippen molar-refractivity contribution in [3.63, 3.8) is 0 Å². The number of pyridine rings is 1. The number of aromatic hydroxyl groups is 1. The summed E-state index contributed by atoms with van der Waals surface area (Å²) in [4.78, 5) is 26.5. The Balaban J connectivity index is 2.12. The van der Waals surface area contributed by atoms with Gasteiger partial charge in [0.15, 0.2) is 0 Å². The van der Waals surface area contributed by atoms with E-state index in [4.69, 9.17) is 5.11 Å². The van der Waals surface area contributed by atoms with Gasteiger partial charge in [-0.1, -0.05) is 15.9 Å². The molecule has 1 aromatic carbocycles. The van der Waals surface area contributed by atoms with E-state index in [1.165, 1.54) is 24.4 Å². The number of carbonyl (C=O) groups is 2. The minimum absolute atomic E-state index is 0.124. The van der Waals surface area contributed by atoms with Crippen LogP contribution in [0.15, 0.2) is 41.0 Å². The Morgan fingerprint density at radius 3 is 2.62 bits per heavy atom. The zero-order valence-corrected chi connectivity index (χ0v) is 12.3. The van der Waals surface area contributed by atoms with E-state index >= 15 is 0 Å². The molecule has 0 radical (unpaired) electrons. The lowest BCUT2D eigenvalue weighted by Crippen LogP contribution is -2.12. The molecule has 0 fully saturated rings. The van der Waals surface area contributed by atoms with Crippen molar-refractivity contribution in [2.24, 2.45) is 0 Å². The van der Waals surface area contributed by atoms with Crippen LogP contribution >= 0.6 is 15.9 Å². The largest absolute Gasteiger partial charge is 0.507 e. The third-order valence-corrected chi connectivity index (χ3v) is 3.11. The van der Waals surface area contributed by atoms with Crippen LogP contribution in [0.3, 0.4) is 0 Å². The number of benzene rings is 1. The van der Waals surface area contributed by atoms with Gasteiger partial charge < -0.3 is 15.5 Å². The van der Waals surface area contributed by atoms with Crippen LogP contribution in [0.25, 0.3) is 0 Å². The van der Waals surface area contributed by atoms with Gasteiger partial charge in [0.05, 0.1) is 29.6 Å². The van der Waals surface area contributed by atoms with Crippen LogP contribution in [0.1, 0.15) is 16.1 Å². The van der Waals surface area contributed by atoms with Crippen molar-refractivity contribution < 1.29 is 19.8 Å². The summed E-state index contributed by atoms with van der Waals surface area (Å²) in [5.74, 6) is -1.59. The molecule has 0 spiro atoms. The number of hydrogen-bond acceptors (Lipinski definition) is 4. The molecule has 6 nitrogen and oxygen atoms in total. The molecule has 108 valence electrons. The predicted molar refractivity (Wildman–Crippen MR) is 79.3 cm³/mol. The molecule has 1 heterocycles. The van der Waals surface area contributed by atoms with Crippen molar-refractivity contribution in [2.75, 3.05) is 5.32 Å². The summed E-state index contributed by atoms with van der Waals surface area (Å²) < 4.78 is 0.667. The number of carboxylic acids is 1. The number of hydrogen-bond donors (Lipinski definition) is 3. The minimum Gasteiger partial charge on any atom is -0.507 e. The molecular weight excluding hydrogens is 340 g/mol. The number of aromatic nitrogens is 1. The van der Waals surface area contributed by atoms with Crippen LogP contribution in [0.5, 0.6) is 5.75 Å². The summed E-state index contributed by atoms with van der Waals surface area (Å²) in [7, 11) is 0. The van der Waals surface area contributed by atoms with Crippen molar-refractivity contribution in [1.82, 2.24) is 4.98 Å². The molecule has 7 heteroatoms. The first-order valence-corrected chi connectivity index (χ1v) is 6.71. The third kappa shape index (κ3) is 4.03. The zero-order chi connectivity index (χ0) is 15.4. The van der Waals surface area contributed by atoms with E-state index in [0.717, 1.165) is 0 Å². The van der Waals surface area contributed by atoms with Crippen molar-refractivity contribution in [3.8, 4) is 5.75 Å². The highest BCUT2D eigenvalue weighted by Gasteiger charge is 2.12. The molecule has 0 unspecified atom stereocenters. The molecule has 0 aliphatic heterocycles. The maximum atomic E-state index is 12.0. The first kappa shape index (κ1) is 15.0. The first-order valence-electron chi connectivity index (χ1n) is 5.92. The van der Waals surface area contributed by atoms with Gasteiger partial charge in [0.2, 0.25) is 0 Å². The second kappa shape index (κ2) is 6.36. The monoisotopic (exact) mass is 350 g/mol. The van der Waals surface area contributed by atoms with Gasteiger partial charge in [-0.2, -0.15) is 0 Å². The van der Waals surface area contributed by atoms with Crippen molar-refractivity contribution in [3.05, 3.63) is 52.3 Å². The van der Waals surface area contributed by atoms with E-state index in [9.17, 15) is 14.7 Å². The average Bonchev–Trinajstić information content (AvgIpc) is 2.43. The van der Waals surface area contributed by atoms with Gasteiger partial charge in [0, 0.05) is 4.47 Å². The highest BCUT2D eigenvalue weighted by atomic mass is 79.9. The lowest BCUT2D eigenvalue weighted by atomic mass is 10.2. The Kier molecular flexibility index (Phi) is 4.54. The highest BCUT2D eigenvalue weighted by Crippen LogP contribution is 2.22. The summed E-state index contributed by atoms with van der Waals surface area (Å²) in [5, 5.41) is 20.9. The van der Waals surface area contributed by atoms with Crippen LogP contribution in [0.2, 0.25) is 0 Å². The Labute approximate surface area is 128 Å². The molecule has 0 bridgehead atoms. The molecule has 0 saturated carbocycles. The van der Waals surface area contributed by atoms with Crippen LogP contribution in [-0.4, -0.2) is 27.1 Å². The normalized spacial score (nSPS) is 10.1. The fourth-order valence-corrected chi connectivity index (χ4v) is 2.01. The first-order chi connectivity index (χ1) is 9.95. The number of carbonyl (C=O) groups excluding carboxylic acids is 1. The fourth-order valence-electron chi connectivity index (χ4n) is 1.65.